The third kappa shape index (κ3) is 7.58. The van der Waals surface area contributed by atoms with E-state index in [1.807, 2.05) is 25.7 Å². The largest absolute Gasteiger partial charge is 0.444 e. The van der Waals surface area contributed by atoms with Crippen molar-refractivity contribution < 1.29 is 19.1 Å². The van der Waals surface area contributed by atoms with Gasteiger partial charge in [-0.1, -0.05) is 23.2 Å². The number of ether oxygens (including phenoxy) is 1. The molecule has 12 heteroatoms. The quantitative estimate of drug-likeness (QED) is 0.424. The Morgan fingerprint density at radius 3 is 2.18 bits per heavy atom. The third-order valence-corrected chi connectivity index (χ3v) is 6.17. The van der Waals surface area contributed by atoms with E-state index in [4.69, 9.17) is 27.9 Å². The highest BCUT2D eigenvalue weighted by atomic mass is 35.5. The van der Waals surface area contributed by atoms with Crippen molar-refractivity contribution in [1.82, 2.24) is 14.9 Å². The lowest BCUT2D eigenvalue weighted by Crippen LogP contribution is -2.50. The number of amides is 3. The van der Waals surface area contributed by atoms with Crippen molar-refractivity contribution in [2.45, 2.75) is 26.4 Å². The molecule has 2 N–H and O–H groups in total. The molecule has 0 atom stereocenters. The van der Waals surface area contributed by atoms with Crippen molar-refractivity contribution in [1.29, 1.82) is 0 Å². The van der Waals surface area contributed by atoms with E-state index in [-0.39, 0.29) is 17.3 Å². The minimum absolute atomic E-state index is 0.167. The summed E-state index contributed by atoms with van der Waals surface area (Å²) in [5.41, 5.74) is 0.210. The van der Waals surface area contributed by atoms with Crippen LogP contribution in [0.4, 0.5) is 22.1 Å². The number of benzene rings is 1. The molecule has 1 aromatic carbocycles. The number of anilines is 3. The number of rotatable bonds is 5. The summed E-state index contributed by atoms with van der Waals surface area (Å²) in [6.45, 7) is 7.70. The van der Waals surface area contributed by atoms with Crippen molar-refractivity contribution in [3.63, 3.8) is 0 Å². The lowest BCUT2D eigenvalue weighted by molar-refractivity contribution is 0.0240. The van der Waals surface area contributed by atoms with E-state index in [1.165, 1.54) is 18.5 Å². The van der Waals surface area contributed by atoms with E-state index in [9.17, 15) is 14.4 Å². The summed E-state index contributed by atoms with van der Waals surface area (Å²) < 4.78 is 5.44. The van der Waals surface area contributed by atoms with Crippen molar-refractivity contribution in [2.75, 3.05) is 41.7 Å². The second-order valence-corrected chi connectivity index (χ2v) is 10.7. The van der Waals surface area contributed by atoms with Gasteiger partial charge in [0.05, 0.1) is 21.8 Å². The number of nitrogens with one attached hydrogen (secondary N) is 2. The van der Waals surface area contributed by atoms with E-state index >= 15 is 0 Å². The fourth-order valence-corrected chi connectivity index (χ4v) is 4.08. The first-order valence-corrected chi connectivity index (χ1v) is 13.0. The number of aromatic nitrogens is 2. The molecule has 1 fully saturated rings. The van der Waals surface area contributed by atoms with Gasteiger partial charge in [-0.25, -0.2) is 14.8 Å². The first kappa shape index (κ1) is 28.1. The van der Waals surface area contributed by atoms with Crippen LogP contribution in [0.25, 0.3) is 0 Å². The van der Waals surface area contributed by atoms with Gasteiger partial charge in [0, 0.05) is 43.6 Å². The number of carbonyl (C=O) groups excluding carboxylic acids is 3. The summed E-state index contributed by atoms with van der Waals surface area (Å²) in [4.78, 5) is 50.4. The minimum atomic E-state index is -0.545. The molecule has 0 bridgehead atoms. The van der Waals surface area contributed by atoms with Gasteiger partial charge >= 0.3 is 6.09 Å². The standard InChI is InChI=1S/C27H28Cl2N6O4/c1-27(2,3)39-26(38)35-12-10-34(11-13-35)23-9-4-17(15-31-23)24(36)32-21-7-5-18(28)14-20(21)25(37)33-22-8-6-19(29)16-30-22/h4-9,14-16H,10-13H2,1-3H3,(H,32,36)(H,30,33,37). The molecule has 1 aliphatic heterocycles. The Kier molecular flexibility index (Phi) is 8.57. The highest BCUT2D eigenvalue weighted by Gasteiger charge is 2.26. The Balaban J connectivity index is 1.39. The van der Waals surface area contributed by atoms with Gasteiger partial charge in [-0.2, -0.15) is 0 Å². The maximum atomic E-state index is 13.0. The van der Waals surface area contributed by atoms with Crippen LogP contribution in [0.15, 0.2) is 54.9 Å². The fourth-order valence-electron chi connectivity index (χ4n) is 3.79. The molecule has 0 unspecified atom stereocenters. The van der Waals surface area contributed by atoms with Gasteiger partial charge < -0.3 is 25.2 Å². The molecular formula is C27H28Cl2N6O4. The number of piperazine rings is 1. The second-order valence-electron chi connectivity index (χ2n) is 9.82. The summed E-state index contributed by atoms with van der Waals surface area (Å²) in [5.74, 6) is 0.0530. The predicted molar refractivity (Wildman–Crippen MR) is 151 cm³/mol. The highest BCUT2D eigenvalue weighted by Crippen LogP contribution is 2.23. The molecule has 10 nitrogen and oxygen atoms in total. The Morgan fingerprint density at radius 2 is 1.56 bits per heavy atom. The molecule has 0 saturated carbocycles. The summed E-state index contributed by atoms with van der Waals surface area (Å²) >= 11 is 12.0. The SMILES string of the molecule is CC(C)(C)OC(=O)N1CCN(c2ccc(C(=O)Nc3ccc(Cl)cc3C(=O)Nc3ccc(Cl)cn3)cn2)CC1. The van der Waals surface area contributed by atoms with Crippen molar-refractivity contribution in [2.24, 2.45) is 0 Å². The molecule has 3 heterocycles. The molecule has 2 aromatic heterocycles. The lowest BCUT2D eigenvalue weighted by atomic mass is 10.1. The first-order valence-electron chi connectivity index (χ1n) is 12.2. The van der Waals surface area contributed by atoms with Crippen LogP contribution in [0.2, 0.25) is 10.0 Å². The molecular weight excluding hydrogens is 543 g/mol. The van der Waals surface area contributed by atoms with Crippen LogP contribution in [0.5, 0.6) is 0 Å². The van der Waals surface area contributed by atoms with Crippen molar-refractivity contribution in [3.8, 4) is 0 Å². The molecule has 1 saturated heterocycles. The minimum Gasteiger partial charge on any atom is -0.444 e. The highest BCUT2D eigenvalue weighted by molar-refractivity contribution is 6.31. The van der Waals surface area contributed by atoms with Crippen molar-refractivity contribution >= 4 is 58.4 Å². The van der Waals surface area contributed by atoms with Gasteiger partial charge in [0.2, 0.25) is 0 Å². The number of halogens is 2. The molecule has 3 amide bonds. The lowest BCUT2D eigenvalue weighted by Gasteiger charge is -2.36. The maximum Gasteiger partial charge on any atom is 0.410 e. The summed E-state index contributed by atoms with van der Waals surface area (Å²) in [7, 11) is 0. The van der Waals surface area contributed by atoms with E-state index in [0.29, 0.717) is 53.4 Å². The van der Waals surface area contributed by atoms with Gasteiger partial charge in [0.25, 0.3) is 11.8 Å². The monoisotopic (exact) mass is 570 g/mol. The van der Waals surface area contributed by atoms with Crippen LogP contribution < -0.4 is 15.5 Å². The Morgan fingerprint density at radius 1 is 0.846 bits per heavy atom. The molecule has 3 aromatic rings. The number of hydrogen-bond acceptors (Lipinski definition) is 7. The number of nitrogens with zero attached hydrogens (tertiary/aromatic N) is 4. The molecule has 1 aliphatic rings. The smallest absolute Gasteiger partial charge is 0.410 e. The van der Waals surface area contributed by atoms with Crippen LogP contribution in [-0.4, -0.2) is 64.6 Å². The van der Waals surface area contributed by atoms with Crippen LogP contribution in [-0.2, 0) is 4.74 Å². The summed E-state index contributed by atoms with van der Waals surface area (Å²) in [6.07, 6.45) is 2.55. The number of carbonyl (C=O) groups is 3. The van der Waals surface area contributed by atoms with Crippen LogP contribution in [0.1, 0.15) is 41.5 Å². The Hall–Kier alpha value is -3.89. The molecule has 0 radical (unpaired) electrons. The zero-order valence-electron chi connectivity index (χ0n) is 21.7. The topological polar surface area (TPSA) is 117 Å². The Bertz CT molecular complexity index is 1350. The van der Waals surface area contributed by atoms with Gasteiger partial charge in [-0.3, -0.25) is 9.59 Å². The summed E-state index contributed by atoms with van der Waals surface area (Å²) in [5, 5.41) is 6.19. The number of pyridine rings is 2. The maximum absolute atomic E-state index is 13.0. The average Bonchev–Trinajstić information content (AvgIpc) is 2.90. The zero-order valence-corrected chi connectivity index (χ0v) is 23.2. The van der Waals surface area contributed by atoms with E-state index in [1.54, 1.807) is 41.3 Å². The van der Waals surface area contributed by atoms with E-state index < -0.39 is 17.4 Å². The molecule has 0 spiro atoms. The first-order chi connectivity index (χ1) is 18.5. The predicted octanol–water partition coefficient (Wildman–Crippen LogP) is 5.35. The van der Waals surface area contributed by atoms with Crippen LogP contribution >= 0.6 is 23.2 Å². The molecule has 39 heavy (non-hydrogen) atoms. The van der Waals surface area contributed by atoms with E-state index in [0.717, 1.165) is 0 Å². The van der Waals surface area contributed by atoms with Crippen molar-refractivity contribution in [3.05, 3.63) is 76.0 Å². The molecule has 4 rings (SSSR count). The molecule has 0 aliphatic carbocycles. The van der Waals surface area contributed by atoms with Crippen LogP contribution in [0.3, 0.4) is 0 Å². The summed E-state index contributed by atoms with van der Waals surface area (Å²) in [6, 6.07) is 11.2. The van der Waals surface area contributed by atoms with Gasteiger partial charge in [0.15, 0.2) is 0 Å². The van der Waals surface area contributed by atoms with Gasteiger partial charge in [-0.05, 0) is 63.2 Å². The van der Waals surface area contributed by atoms with Gasteiger partial charge in [0.1, 0.15) is 17.2 Å². The zero-order chi connectivity index (χ0) is 28.2. The average molecular weight is 571 g/mol. The molecule has 204 valence electrons. The third-order valence-electron chi connectivity index (χ3n) is 5.71. The Labute approximate surface area is 236 Å². The van der Waals surface area contributed by atoms with E-state index in [2.05, 4.69) is 20.6 Å². The fraction of sp³-hybridized carbons (Fsp3) is 0.296. The normalized spacial score (nSPS) is 13.6. The van der Waals surface area contributed by atoms with Crippen LogP contribution in [0, 0.1) is 0 Å². The second kappa shape index (κ2) is 11.9. The number of hydrogen-bond donors (Lipinski definition) is 2. The van der Waals surface area contributed by atoms with Gasteiger partial charge in [-0.15, -0.1) is 0 Å².